The molecule has 2 aromatic heterocycles. The van der Waals surface area contributed by atoms with E-state index < -0.39 is 0 Å². The number of halogens is 1. The summed E-state index contributed by atoms with van der Waals surface area (Å²) < 4.78 is 20.6. The van der Waals surface area contributed by atoms with Crippen molar-refractivity contribution < 1.29 is 13.6 Å². The van der Waals surface area contributed by atoms with Gasteiger partial charge in [-0.15, -0.1) is 10.2 Å². The van der Waals surface area contributed by atoms with Gasteiger partial charge in [-0.05, 0) is 47.4 Å². The molecule has 4 aromatic rings. The molecule has 0 fully saturated rings. The smallest absolute Gasteiger partial charge is 0.234 e. The van der Waals surface area contributed by atoms with Gasteiger partial charge in [0.05, 0.1) is 18.6 Å². The summed E-state index contributed by atoms with van der Waals surface area (Å²) in [5, 5.41) is 12.1. The molecule has 6 nitrogen and oxygen atoms in total. The summed E-state index contributed by atoms with van der Waals surface area (Å²) in [4.78, 5) is 12.4. The monoisotopic (exact) mass is 464 g/mol. The van der Waals surface area contributed by atoms with E-state index in [1.807, 2.05) is 28.8 Å². The first-order valence-electron chi connectivity index (χ1n) is 10.5. The van der Waals surface area contributed by atoms with Crippen molar-refractivity contribution in [3.63, 3.8) is 0 Å². The van der Waals surface area contributed by atoms with Crippen LogP contribution in [0.5, 0.6) is 0 Å². The molecule has 0 spiro atoms. The average molecular weight is 465 g/mol. The Morgan fingerprint density at radius 2 is 1.79 bits per heavy atom. The molecular formula is C25H25FN4O2S. The molecule has 0 bridgehead atoms. The van der Waals surface area contributed by atoms with Gasteiger partial charge in [-0.25, -0.2) is 4.39 Å². The normalized spacial score (nSPS) is 11.5. The molecule has 8 heteroatoms. The molecule has 0 atom stereocenters. The first-order valence-corrected chi connectivity index (χ1v) is 11.5. The zero-order valence-electron chi connectivity index (χ0n) is 18.7. The number of amides is 1. The van der Waals surface area contributed by atoms with Crippen molar-refractivity contribution in [3.05, 3.63) is 84.1 Å². The number of aromatic nitrogens is 3. The van der Waals surface area contributed by atoms with Gasteiger partial charge >= 0.3 is 0 Å². The Morgan fingerprint density at radius 3 is 2.42 bits per heavy atom. The fraction of sp³-hybridized carbons (Fsp3) is 0.240. The van der Waals surface area contributed by atoms with Crippen LogP contribution in [0.25, 0.3) is 11.4 Å². The van der Waals surface area contributed by atoms with Gasteiger partial charge < -0.3 is 9.73 Å². The van der Waals surface area contributed by atoms with Crippen molar-refractivity contribution in [3.8, 4) is 11.4 Å². The largest absolute Gasteiger partial charge is 0.467 e. The van der Waals surface area contributed by atoms with Crippen LogP contribution >= 0.6 is 11.8 Å². The Balaban J connectivity index is 1.54. The second kappa shape index (κ2) is 9.62. The van der Waals surface area contributed by atoms with Gasteiger partial charge in [-0.1, -0.05) is 56.8 Å². The molecule has 0 aliphatic carbocycles. The minimum Gasteiger partial charge on any atom is -0.467 e. The van der Waals surface area contributed by atoms with Gasteiger partial charge in [0.15, 0.2) is 11.0 Å². The van der Waals surface area contributed by atoms with Gasteiger partial charge in [0, 0.05) is 11.3 Å². The van der Waals surface area contributed by atoms with Gasteiger partial charge in [0.2, 0.25) is 5.91 Å². The molecule has 1 amide bonds. The van der Waals surface area contributed by atoms with Crippen LogP contribution in [-0.2, 0) is 16.8 Å². The first kappa shape index (κ1) is 22.8. The van der Waals surface area contributed by atoms with Crippen LogP contribution < -0.4 is 5.32 Å². The molecule has 33 heavy (non-hydrogen) atoms. The van der Waals surface area contributed by atoms with Gasteiger partial charge in [0.25, 0.3) is 0 Å². The molecule has 1 N–H and O–H groups in total. The highest BCUT2D eigenvalue weighted by atomic mass is 32.2. The summed E-state index contributed by atoms with van der Waals surface area (Å²) in [6, 6.07) is 17.7. The molecule has 4 rings (SSSR count). The first-order chi connectivity index (χ1) is 15.8. The number of carbonyl (C=O) groups is 1. The number of carbonyl (C=O) groups excluding carboxylic acids is 1. The molecule has 0 radical (unpaired) electrons. The van der Waals surface area contributed by atoms with E-state index in [2.05, 4.69) is 48.4 Å². The zero-order valence-corrected chi connectivity index (χ0v) is 19.5. The standard InChI is InChI=1S/C25H25FN4O2S/c1-25(2,3)18-8-6-17(7-9-18)23-28-29-24(30(23)15-21-5-4-14-32-21)33-16-22(31)27-20-12-10-19(26)11-13-20/h4-14H,15-16H2,1-3H3,(H,27,31). The maximum absolute atomic E-state index is 13.1. The Kier molecular flexibility index (Phi) is 6.65. The highest BCUT2D eigenvalue weighted by Gasteiger charge is 2.19. The van der Waals surface area contributed by atoms with Gasteiger partial charge in [0.1, 0.15) is 11.6 Å². The van der Waals surface area contributed by atoms with Crippen molar-refractivity contribution in [1.29, 1.82) is 0 Å². The predicted octanol–water partition coefficient (Wildman–Crippen LogP) is 5.75. The molecule has 0 unspecified atom stereocenters. The SMILES string of the molecule is CC(C)(C)c1ccc(-c2nnc(SCC(=O)Nc3ccc(F)cc3)n2Cc2ccco2)cc1. The Labute approximate surface area is 196 Å². The average Bonchev–Trinajstić information content (AvgIpc) is 3.44. The van der Waals surface area contributed by atoms with Crippen LogP contribution in [0, 0.1) is 5.82 Å². The van der Waals surface area contributed by atoms with Crippen LogP contribution in [0.3, 0.4) is 0 Å². The molecule has 0 saturated heterocycles. The summed E-state index contributed by atoms with van der Waals surface area (Å²) in [5.41, 5.74) is 2.76. The van der Waals surface area contributed by atoms with Crippen molar-refractivity contribution in [2.75, 3.05) is 11.1 Å². The summed E-state index contributed by atoms with van der Waals surface area (Å²) in [5.74, 6) is 1.04. The number of nitrogens with zero attached hydrogens (tertiary/aromatic N) is 3. The fourth-order valence-electron chi connectivity index (χ4n) is 3.29. The highest BCUT2D eigenvalue weighted by molar-refractivity contribution is 7.99. The minimum absolute atomic E-state index is 0.0548. The quantitative estimate of drug-likeness (QED) is 0.352. The van der Waals surface area contributed by atoms with E-state index in [0.29, 0.717) is 23.2 Å². The second-order valence-corrected chi connectivity index (χ2v) is 9.59. The number of hydrogen-bond acceptors (Lipinski definition) is 5. The molecule has 170 valence electrons. The lowest BCUT2D eigenvalue weighted by molar-refractivity contribution is -0.113. The Morgan fingerprint density at radius 1 is 1.06 bits per heavy atom. The maximum Gasteiger partial charge on any atom is 0.234 e. The molecule has 0 saturated carbocycles. The van der Waals surface area contributed by atoms with Crippen molar-refractivity contribution in [2.45, 2.75) is 37.9 Å². The van der Waals surface area contributed by atoms with E-state index in [1.54, 1.807) is 6.26 Å². The predicted molar refractivity (Wildman–Crippen MR) is 128 cm³/mol. The van der Waals surface area contributed by atoms with E-state index in [9.17, 15) is 9.18 Å². The van der Waals surface area contributed by atoms with Crippen LogP contribution in [0.4, 0.5) is 10.1 Å². The van der Waals surface area contributed by atoms with Crippen molar-refractivity contribution in [1.82, 2.24) is 14.8 Å². The summed E-state index contributed by atoms with van der Waals surface area (Å²) in [6.07, 6.45) is 1.63. The summed E-state index contributed by atoms with van der Waals surface area (Å²) in [7, 11) is 0. The van der Waals surface area contributed by atoms with Crippen molar-refractivity contribution >= 4 is 23.4 Å². The topological polar surface area (TPSA) is 73.0 Å². The summed E-state index contributed by atoms with van der Waals surface area (Å²) >= 11 is 1.28. The van der Waals surface area contributed by atoms with Gasteiger partial charge in [-0.2, -0.15) is 0 Å². The zero-order chi connectivity index (χ0) is 23.4. The number of hydrogen-bond donors (Lipinski definition) is 1. The molecule has 2 aromatic carbocycles. The van der Waals surface area contributed by atoms with Crippen molar-refractivity contribution in [2.24, 2.45) is 0 Å². The van der Waals surface area contributed by atoms with Crippen LogP contribution in [0.1, 0.15) is 32.1 Å². The summed E-state index contributed by atoms with van der Waals surface area (Å²) in [6.45, 7) is 6.96. The maximum atomic E-state index is 13.1. The molecule has 0 aliphatic heterocycles. The highest BCUT2D eigenvalue weighted by Crippen LogP contribution is 2.28. The van der Waals surface area contributed by atoms with E-state index in [-0.39, 0.29) is 22.9 Å². The van der Waals surface area contributed by atoms with Gasteiger partial charge in [-0.3, -0.25) is 9.36 Å². The lowest BCUT2D eigenvalue weighted by Gasteiger charge is -2.19. The fourth-order valence-corrected chi connectivity index (χ4v) is 4.03. The molecule has 2 heterocycles. The van der Waals surface area contributed by atoms with E-state index in [4.69, 9.17) is 4.42 Å². The number of rotatable bonds is 7. The van der Waals surface area contributed by atoms with Crippen LogP contribution in [0.2, 0.25) is 0 Å². The number of furan rings is 1. The van der Waals surface area contributed by atoms with E-state index in [1.165, 1.54) is 41.6 Å². The van der Waals surface area contributed by atoms with Crippen LogP contribution in [-0.4, -0.2) is 26.4 Å². The number of benzene rings is 2. The minimum atomic E-state index is -0.350. The lowest BCUT2D eigenvalue weighted by atomic mass is 9.87. The Hall–Kier alpha value is -3.39. The number of anilines is 1. The van der Waals surface area contributed by atoms with E-state index >= 15 is 0 Å². The molecular weight excluding hydrogens is 439 g/mol. The third-order valence-electron chi connectivity index (χ3n) is 5.08. The second-order valence-electron chi connectivity index (χ2n) is 8.64. The third-order valence-corrected chi connectivity index (χ3v) is 6.05. The number of nitrogens with one attached hydrogen (secondary N) is 1. The third kappa shape index (κ3) is 5.70. The molecule has 0 aliphatic rings. The van der Waals surface area contributed by atoms with E-state index in [0.717, 1.165) is 11.3 Å². The number of thioether (sulfide) groups is 1. The Bertz CT molecular complexity index is 1210. The lowest BCUT2D eigenvalue weighted by Crippen LogP contribution is -2.14. The van der Waals surface area contributed by atoms with Crippen LogP contribution in [0.15, 0.2) is 76.5 Å².